The molecule has 3 nitrogen and oxygen atoms in total. The van der Waals surface area contributed by atoms with Gasteiger partial charge in [-0.05, 0) is 30.7 Å². The first kappa shape index (κ1) is 11.2. The Morgan fingerprint density at radius 2 is 2.17 bits per heavy atom. The molecular weight excluding hydrogens is 249 g/mol. The molecular formula is C13H10FN3S. The molecule has 0 aliphatic carbocycles. The fourth-order valence-electron chi connectivity index (χ4n) is 1.91. The van der Waals surface area contributed by atoms with Gasteiger partial charge in [0, 0.05) is 11.1 Å². The minimum absolute atomic E-state index is 0.323. The zero-order valence-corrected chi connectivity index (χ0v) is 10.5. The van der Waals surface area contributed by atoms with Gasteiger partial charge in [-0.2, -0.15) is 0 Å². The van der Waals surface area contributed by atoms with Crippen molar-refractivity contribution >= 4 is 23.7 Å². The predicted molar refractivity (Wildman–Crippen MR) is 71.3 cm³/mol. The van der Waals surface area contributed by atoms with Crippen molar-refractivity contribution in [3.8, 4) is 11.4 Å². The van der Waals surface area contributed by atoms with Crippen LogP contribution in [0.25, 0.3) is 22.4 Å². The molecule has 0 atom stereocenters. The molecule has 3 rings (SSSR count). The number of aromatic nitrogens is 3. The quantitative estimate of drug-likeness (QED) is 0.658. The fourth-order valence-corrected chi connectivity index (χ4v) is 2.23. The van der Waals surface area contributed by atoms with E-state index in [-0.39, 0.29) is 5.82 Å². The van der Waals surface area contributed by atoms with Crippen LogP contribution in [0.1, 0.15) is 5.56 Å². The van der Waals surface area contributed by atoms with Gasteiger partial charge >= 0.3 is 0 Å². The Labute approximate surface area is 109 Å². The lowest BCUT2D eigenvalue weighted by molar-refractivity contribution is 0.604. The van der Waals surface area contributed by atoms with Gasteiger partial charge in [0.25, 0.3) is 0 Å². The molecule has 0 aliphatic heterocycles. The van der Waals surface area contributed by atoms with Crippen LogP contribution in [-0.4, -0.2) is 15.0 Å². The highest BCUT2D eigenvalue weighted by molar-refractivity contribution is 7.80. The van der Waals surface area contributed by atoms with E-state index in [1.54, 1.807) is 30.6 Å². The maximum atomic E-state index is 14.0. The molecule has 5 heteroatoms. The number of nitrogens with zero attached hydrogens (tertiary/aromatic N) is 2. The van der Waals surface area contributed by atoms with Gasteiger partial charge in [-0.15, -0.1) is 12.6 Å². The second-order valence-electron chi connectivity index (χ2n) is 4.12. The van der Waals surface area contributed by atoms with E-state index in [1.807, 2.05) is 6.92 Å². The van der Waals surface area contributed by atoms with Crippen LogP contribution in [0.15, 0.2) is 35.5 Å². The standard InChI is InChI=1S/C13H10FN3S/c1-7-4-8(12(14)11(18)5-7)13-16-9-2-3-15-6-10(9)17-13/h2-6,18H,1H3,(H,16,17). The summed E-state index contributed by atoms with van der Waals surface area (Å²) in [5.41, 5.74) is 2.92. The first-order valence-electron chi connectivity index (χ1n) is 5.44. The Kier molecular flexibility index (Phi) is 2.56. The minimum atomic E-state index is -0.365. The van der Waals surface area contributed by atoms with Crippen LogP contribution < -0.4 is 0 Å². The van der Waals surface area contributed by atoms with E-state index in [0.29, 0.717) is 21.8 Å². The second kappa shape index (κ2) is 4.10. The molecule has 90 valence electrons. The van der Waals surface area contributed by atoms with E-state index in [1.165, 1.54) is 0 Å². The third-order valence-electron chi connectivity index (χ3n) is 2.74. The molecule has 2 heterocycles. The van der Waals surface area contributed by atoms with Crippen molar-refractivity contribution in [1.82, 2.24) is 15.0 Å². The average Bonchev–Trinajstić information content (AvgIpc) is 2.77. The van der Waals surface area contributed by atoms with Gasteiger partial charge in [-0.3, -0.25) is 4.98 Å². The van der Waals surface area contributed by atoms with Crippen molar-refractivity contribution in [2.75, 3.05) is 0 Å². The number of fused-ring (bicyclic) bond motifs is 1. The molecule has 0 radical (unpaired) electrons. The third kappa shape index (κ3) is 1.76. The number of halogens is 1. The van der Waals surface area contributed by atoms with Gasteiger partial charge < -0.3 is 4.98 Å². The van der Waals surface area contributed by atoms with Crippen LogP contribution >= 0.6 is 12.6 Å². The Balaban J connectivity index is 2.26. The van der Waals surface area contributed by atoms with Crippen molar-refractivity contribution in [2.45, 2.75) is 11.8 Å². The first-order chi connectivity index (χ1) is 8.65. The Hall–Kier alpha value is -1.88. The van der Waals surface area contributed by atoms with Gasteiger partial charge in [0.05, 0.1) is 17.3 Å². The summed E-state index contributed by atoms with van der Waals surface area (Å²) in [5.74, 6) is 0.130. The second-order valence-corrected chi connectivity index (χ2v) is 4.61. The van der Waals surface area contributed by atoms with Crippen molar-refractivity contribution in [1.29, 1.82) is 0 Å². The van der Waals surface area contributed by atoms with Gasteiger partial charge in [0.2, 0.25) is 0 Å². The number of hydrogen-bond donors (Lipinski definition) is 2. The normalized spacial score (nSPS) is 11.1. The number of thiol groups is 1. The van der Waals surface area contributed by atoms with Crippen molar-refractivity contribution in [3.05, 3.63) is 42.0 Å². The molecule has 0 saturated carbocycles. The number of rotatable bonds is 1. The smallest absolute Gasteiger partial charge is 0.147 e. The number of aromatic amines is 1. The molecule has 2 aromatic heterocycles. The molecule has 3 aromatic rings. The van der Waals surface area contributed by atoms with Crippen LogP contribution in [0.3, 0.4) is 0 Å². The van der Waals surface area contributed by atoms with Crippen LogP contribution in [-0.2, 0) is 0 Å². The summed E-state index contributed by atoms with van der Waals surface area (Å²) in [6.07, 6.45) is 3.31. The topological polar surface area (TPSA) is 41.6 Å². The van der Waals surface area contributed by atoms with Gasteiger partial charge in [0.15, 0.2) is 0 Å². The minimum Gasteiger partial charge on any atom is -0.338 e. The summed E-state index contributed by atoms with van der Waals surface area (Å²) in [4.78, 5) is 11.7. The van der Waals surface area contributed by atoms with E-state index in [4.69, 9.17) is 0 Å². The predicted octanol–water partition coefficient (Wildman–Crippen LogP) is 3.36. The number of H-pyrrole nitrogens is 1. The molecule has 0 unspecified atom stereocenters. The summed E-state index contributed by atoms with van der Waals surface area (Å²) < 4.78 is 14.0. The maximum Gasteiger partial charge on any atom is 0.147 e. The van der Waals surface area contributed by atoms with Gasteiger partial charge in [-0.1, -0.05) is 0 Å². The molecule has 0 fully saturated rings. The highest BCUT2D eigenvalue weighted by atomic mass is 32.1. The van der Waals surface area contributed by atoms with E-state index >= 15 is 0 Å². The highest BCUT2D eigenvalue weighted by Gasteiger charge is 2.13. The zero-order valence-electron chi connectivity index (χ0n) is 9.61. The number of imidazole rings is 1. The monoisotopic (exact) mass is 259 g/mol. The molecule has 1 N–H and O–H groups in total. The summed E-state index contributed by atoms with van der Waals surface area (Å²) >= 11 is 4.12. The highest BCUT2D eigenvalue weighted by Crippen LogP contribution is 2.27. The van der Waals surface area contributed by atoms with Crippen molar-refractivity contribution < 1.29 is 4.39 Å². The van der Waals surface area contributed by atoms with Gasteiger partial charge in [0.1, 0.15) is 17.2 Å². The van der Waals surface area contributed by atoms with Crippen molar-refractivity contribution in [2.24, 2.45) is 0 Å². The maximum absolute atomic E-state index is 14.0. The number of aryl methyl sites for hydroxylation is 1. The van der Waals surface area contributed by atoms with Crippen LogP contribution in [0.4, 0.5) is 4.39 Å². The molecule has 1 aromatic carbocycles. The van der Waals surface area contributed by atoms with E-state index in [0.717, 1.165) is 11.1 Å². The van der Waals surface area contributed by atoms with Crippen molar-refractivity contribution in [3.63, 3.8) is 0 Å². The SMILES string of the molecule is Cc1cc(S)c(F)c(-c2nc3cnccc3[nH]2)c1. The van der Waals surface area contributed by atoms with Crippen LogP contribution in [0.5, 0.6) is 0 Å². The molecule has 0 bridgehead atoms. The number of pyridine rings is 1. The number of nitrogens with one attached hydrogen (secondary N) is 1. The van der Waals surface area contributed by atoms with E-state index in [2.05, 4.69) is 27.6 Å². The van der Waals surface area contributed by atoms with E-state index < -0.39 is 0 Å². The van der Waals surface area contributed by atoms with Gasteiger partial charge in [-0.25, -0.2) is 9.37 Å². The summed E-state index contributed by atoms with van der Waals surface area (Å²) in [7, 11) is 0. The van der Waals surface area contributed by atoms with Crippen LogP contribution in [0, 0.1) is 12.7 Å². The molecule has 0 amide bonds. The zero-order chi connectivity index (χ0) is 12.7. The molecule has 18 heavy (non-hydrogen) atoms. The first-order valence-corrected chi connectivity index (χ1v) is 5.89. The largest absolute Gasteiger partial charge is 0.338 e. The van der Waals surface area contributed by atoms with E-state index in [9.17, 15) is 4.39 Å². The fraction of sp³-hybridized carbons (Fsp3) is 0.0769. The Morgan fingerprint density at radius 3 is 2.94 bits per heavy atom. The summed E-state index contributed by atoms with van der Waals surface area (Å²) in [6.45, 7) is 1.90. The summed E-state index contributed by atoms with van der Waals surface area (Å²) in [5, 5.41) is 0. The number of hydrogen-bond acceptors (Lipinski definition) is 3. The Morgan fingerprint density at radius 1 is 1.33 bits per heavy atom. The lowest BCUT2D eigenvalue weighted by Gasteiger charge is -2.04. The third-order valence-corrected chi connectivity index (χ3v) is 3.06. The number of benzene rings is 1. The van der Waals surface area contributed by atoms with Crippen LogP contribution in [0.2, 0.25) is 0 Å². The summed E-state index contributed by atoms with van der Waals surface area (Å²) in [6, 6.07) is 5.24. The molecule has 0 spiro atoms. The molecule has 0 aliphatic rings. The molecule has 0 saturated heterocycles. The lowest BCUT2D eigenvalue weighted by Crippen LogP contribution is -1.90. The average molecular weight is 259 g/mol. The lowest BCUT2D eigenvalue weighted by atomic mass is 10.1. The Bertz CT molecular complexity index is 703.